The molecule has 32 heavy (non-hydrogen) atoms. The van der Waals surface area contributed by atoms with Gasteiger partial charge in [-0.25, -0.2) is 14.2 Å². The zero-order chi connectivity index (χ0) is 23.9. The summed E-state index contributed by atoms with van der Waals surface area (Å²) in [4.78, 5) is 39.3. The number of carbonyl (C=O) groups excluding carboxylic acids is 3. The molecule has 0 radical (unpaired) electrons. The van der Waals surface area contributed by atoms with Gasteiger partial charge in [0.15, 0.2) is 0 Å². The monoisotopic (exact) mass is 443 g/mol. The van der Waals surface area contributed by atoms with Crippen LogP contribution in [0.3, 0.4) is 0 Å². The molecule has 1 aromatic heterocycles. The number of allylic oxidation sites excluding steroid dienone is 1. The zero-order valence-corrected chi connectivity index (χ0v) is 19.6. The summed E-state index contributed by atoms with van der Waals surface area (Å²) in [6.45, 7) is 12.7. The molecule has 0 amide bonds. The third-order valence-electron chi connectivity index (χ3n) is 4.78. The summed E-state index contributed by atoms with van der Waals surface area (Å²) in [5, 5.41) is 0.609. The lowest BCUT2D eigenvalue weighted by Crippen LogP contribution is -2.30. The fourth-order valence-electron chi connectivity index (χ4n) is 3.60. The van der Waals surface area contributed by atoms with E-state index in [1.165, 1.54) is 4.57 Å². The van der Waals surface area contributed by atoms with Gasteiger partial charge >= 0.3 is 18.0 Å². The zero-order valence-electron chi connectivity index (χ0n) is 19.6. The summed E-state index contributed by atoms with van der Waals surface area (Å²) in [6, 6.07) is 7.07. The molecule has 1 heterocycles. The minimum Gasteiger partial charge on any atom is -0.466 e. The van der Waals surface area contributed by atoms with Crippen LogP contribution in [0.2, 0.25) is 0 Å². The van der Waals surface area contributed by atoms with Gasteiger partial charge in [-0.1, -0.05) is 24.3 Å². The molecule has 1 atom stereocenters. The fraction of sp³-hybridized carbons (Fsp3) is 0.480. The summed E-state index contributed by atoms with van der Waals surface area (Å²) >= 11 is 0. The average Bonchev–Trinajstić information content (AvgIpc) is 3.05. The Labute approximate surface area is 189 Å². The van der Waals surface area contributed by atoms with Gasteiger partial charge in [-0.2, -0.15) is 0 Å². The Morgan fingerprint density at radius 1 is 1.09 bits per heavy atom. The van der Waals surface area contributed by atoms with Crippen LogP contribution in [-0.2, 0) is 19.0 Å². The van der Waals surface area contributed by atoms with Crippen LogP contribution in [0, 0.1) is 0 Å². The van der Waals surface area contributed by atoms with Crippen molar-refractivity contribution in [3.63, 3.8) is 0 Å². The number of ether oxygens (including phenoxy) is 3. The predicted molar refractivity (Wildman–Crippen MR) is 123 cm³/mol. The number of esters is 2. The van der Waals surface area contributed by atoms with Gasteiger partial charge in [-0.3, -0.25) is 4.79 Å². The van der Waals surface area contributed by atoms with Crippen LogP contribution >= 0.6 is 0 Å². The molecule has 0 fully saturated rings. The summed E-state index contributed by atoms with van der Waals surface area (Å²) in [7, 11) is 0. The van der Waals surface area contributed by atoms with E-state index < -0.39 is 29.6 Å². The number of aromatic nitrogens is 1. The molecule has 2 aromatic rings. The Bertz CT molecular complexity index is 982. The second-order valence-electron chi connectivity index (χ2n) is 8.34. The summed E-state index contributed by atoms with van der Waals surface area (Å²) in [5.74, 6) is -1.89. The topological polar surface area (TPSA) is 83.8 Å². The largest absolute Gasteiger partial charge is 0.466 e. The van der Waals surface area contributed by atoms with Gasteiger partial charge in [0.05, 0.1) is 24.6 Å². The van der Waals surface area contributed by atoms with Crippen LogP contribution in [0.15, 0.2) is 36.9 Å². The van der Waals surface area contributed by atoms with Crippen LogP contribution in [-0.4, -0.2) is 41.4 Å². The molecule has 7 heteroatoms. The second-order valence-corrected chi connectivity index (χ2v) is 8.34. The van der Waals surface area contributed by atoms with Crippen LogP contribution in [0.1, 0.15) is 75.9 Å². The number of benzene rings is 1. The first-order valence-corrected chi connectivity index (χ1v) is 11.0. The quantitative estimate of drug-likeness (QED) is 0.217. The van der Waals surface area contributed by atoms with Crippen molar-refractivity contribution in [1.29, 1.82) is 0 Å². The molecule has 0 saturated heterocycles. The molecule has 0 aliphatic carbocycles. The van der Waals surface area contributed by atoms with E-state index >= 15 is 0 Å². The van der Waals surface area contributed by atoms with Gasteiger partial charge in [0.25, 0.3) is 0 Å². The second kappa shape index (κ2) is 11.0. The van der Waals surface area contributed by atoms with Gasteiger partial charge in [0, 0.05) is 10.9 Å². The van der Waals surface area contributed by atoms with Crippen molar-refractivity contribution in [1.82, 2.24) is 4.57 Å². The van der Waals surface area contributed by atoms with E-state index in [-0.39, 0.29) is 18.9 Å². The molecule has 0 N–H and O–H groups in total. The first kappa shape index (κ1) is 25.2. The maximum absolute atomic E-state index is 13.2. The molecular weight excluding hydrogens is 410 g/mol. The number of rotatable bonds is 9. The molecule has 0 aliphatic rings. The van der Waals surface area contributed by atoms with Gasteiger partial charge in [-0.05, 0) is 59.9 Å². The number of carbonyl (C=O) groups is 3. The molecule has 0 spiro atoms. The van der Waals surface area contributed by atoms with E-state index in [0.29, 0.717) is 35.7 Å². The highest BCUT2D eigenvalue weighted by atomic mass is 16.6. The first-order chi connectivity index (χ1) is 15.2. The summed E-state index contributed by atoms with van der Waals surface area (Å²) in [5.41, 5.74) is 0.114. The van der Waals surface area contributed by atoms with Crippen LogP contribution < -0.4 is 0 Å². The number of para-hydroxylation sites is 1. The molecule has 0 bridgehead atoms. The van der Waals surface area contributed by atoms with Crippen LogP contribution in [0.5, 0.6) is 0 Å². The van der Waals surface area contributed by atoms with Crippen molar-refractivity contribution in [2.75, 3.05) is 13.2 Å². The average molecular weight is 444 g/mol. The van der Waals surface area contributed by atoms with E-state index in [4.69, 9.17) is 14.2 Å². The molecule has 0 aliphatic heterocycles. The van der Waals surface area contributed by atoms with Crippen molar-refractivity contribution < 1.29 is 28.6 Å². The summed E-state index contributed by atoms with van der Waals surface area (Å²) < 4.78 is 17.4. The lowest BCUT2D eigenvalue weighted by molar-refractivity contribution is -0.145. The molecule has 7 nitrogen and oxygen atoms in total. The van der Waals surface area contributed by atoms with Crippen LogP contribution in [0.25, 0.3) is 10.9 Å². The third kappa shape index (κ3) is 5.78. The van der Waals surface area contributed by atoms with E-state index in [2.05, 4.69) is 6.58 Å². The van der Waals surface area contributed by atoms with E-state index in [1.807, 2.05) is 0 Å². The van der Waals surface area contributed by atoms with Crippen molar-refractivity contribution in [2.45, 2.75) is 65.4 Å². The van der Waals surface area contributed by atoms with E-state index in [9.17, 15) is 14.4 Å². The highest BCUT2D eigenvalue weighted by Crippen LogP contribution is 2.37. The lowest BCUT2D eigenvalue weighted by Gasteiger charge is -2.21. The minimum atomic E-state index is -0.779. The normalized spacial score (nSPS) is 12.3. The Balaban J connectivity index is 2.82. The number of hydrogen-bond acceptors (Lipinski definition) is 6. The van der Waals surface area contributed by atoms with E-state index in [0.717, 1.165) is 0 Å². The fourth-order valence-corrected chi connectivity index (χ4v) is 3.60. The molecule has 174 valence electrons. The Morgan fingerprint density at radius 2 is 1.75 bits per heavy atom. The SMILES string of the molecule is C=CCCCC(C(=O)OCC)c1c(C(=O)OCC)n(C(=O)OC(C)(C)C)c2ccccc12. The standard InChI is InChI=1S/C25H33NO6/c1-7-10-11-15-18(22(27)30-8-2)20-17-14-12-13-16-19(17)26(21(20)23(28)31-9-3)24(29)32-25(4,5)6/h7,12-14,16,18H,1,8-11,15H2,2-6H3. The van der Waals surface area contributed by atoms with Crippen molar-refractivity contribution >= 4 is 28.9 Å². The maximum Gasteiger partial charge on any atom is 0.419 e. The first-order valence-electron chi connectivity index (χ1n) is 11.0. The number of hydrogen-bond donors (Lipinski definition) is 0. The molecular formula is C25H33NO6. The number of fused-ring (bicyclic) bond motifs is 1. The maximum atomic E-state index is 13.2. The minimum absolute atomic E-state index is 0.000967. The number of nitrogens with zero attached hydrogens (tertiary/aromatic N) is 1. The van der Waals surface area contributed by atoms with Crippen LogP contribution in [0.4, 0.5) is 4.79 Å². The highest BCUT2D eigenvalue weighted by molar-refractivity contribution is 6.06. The Kier molecular flexibility index (Phi) is 8.63. The van der Waals surface area contributed by atoms with Gasteiger partial charge in [0.2, 0.25) is 0 Å². The summed E-state index contributed by atoms with van der Waals surface area (Å²) in [6.07, 6.45) is 2.87. The highest BCUT2D eigenvalue weighted by Gasteiger charge is 2.36. The number of unbranched alkanes of at least 4 members (excludes halogenated alkanes) is 1. The molecule has 1 aromatic carbocycles. The van der Waals surface area contributed by atoms with Crippen molar-refractivity contribution in [3.05, 3.63) is 48.2 Å². The van der Waals surface area contributed by atoms with E-state index in [1.54, 1.807) is 65.0 Å². The third-order valence-corrected chi connectivity index (χ3v) is 4.78. The van der Waals surface area contributed by atoms with Crippen molar-refractivity contribution in [3.8, 4) is 0 Å². The Hall–Kier alpha value is -3.09. The molecule has 1 unspecified atom stereocenters. The molecule has 2 rings (SSSR count). The lowest BCUT2D eigenvalue weighted by atomic mass is 9.91. The van der Waals surface area contributed by atoms with Crippen molar-refractivity contribution in [2.24, 2.45) is 0 Å². The van der Waals surface area contributed by atoms with Gasteiger partial charge in [-0.15, -0.1) is 6.58 Å². The van der Waals surface area contributed by atoms with Gasteiger partial charge in [0.1, 0.15) is 11.3 Å². The Morgan fingerprint density at radius 3 is 2.34 bits per heavy atom. The predicted octanol–water partition coefficient (Wildman–Crippen LogP) is 5.60. The van der Waals surface area contributed by atoms with Gasteiger partial charge < -0.3 is 14.2 Å². The molecule has 0 saturated carbocycles. The smallest absolute Gasteiger partial charge is 0.419 e.